The quantitative estimate of drug-likeness (QED) is 0.227. The Balaban J connectivity index is 1.55. The highest BCUT2D eigenvalue weighted by Crippen LogP contribution is 2.28. The Morgan fingerprint density at radius 3 is 2.29 bits per heavy atom. The van der Waals surface area contributed by atoms with Gasteiger partial charge >= 0.3 is 0 Å². The lowest BCUT2D eigenvalue weighted by Crippen LogP contribution is -2.42. The largest absolute Gasteiger partial charge is 0.383 e. The third kappa shape index (κ3) is 6.58. The van der Waals surface area contributed by atoms with Gasteiger partial charge in [0, 0.05) is 29.2 Å². The van der Waals surface area contributed by atoms with Crippen molar-refractivity contribution in [1.29, 1.82) is 0 Å². The number of benzene rings is 3. The first kappa shape index (κ1) is 29.8. The molecule has 0 aliphatic heterocycles. The molecule has 3 aromatic carbocycles. The SMILES string of the molecule is Cc1cc(C)c(S(=O)(=O)N[C@@H](C)CNc2cc(C)cc3c2cnn3-c2cccc(C(=O)N[C@H](C)C(N)=O)c2)c(C)c1. The summed E-state index contributed by atoms with van der Waals surface area (Å²) in [6.07, 6.45) is 1.73. The Morgan fingerprint density at radius 1 is 0.976 bits per heavy atom. The van der Waals surface area contributed by atoms with E-state index in [1.54, 1.807) is 29.1 Å². The van der Waals surface area contributed by atoms with E-state index in [2.05, 4.69) is 20.5 Å². The predicted octanol–water partition coefficient (Wildman–Crippen LogP) is 3.64. The number of sulfonamides is 1. The number of nitrogens with two attached hydrogens (primary N) is 1. The van der Waals surface area contributed by atoms with Gasteiger partial charge in [0.05, 0.1) is 22.3 Å². The molecule has 10 nitrogen and oxygen atoms in total. The maximum atomic E-state index is 13.2. The van der Waals surface area contributed by atoms with Gasteiger partial charge in [-0.3, -0.25) is 9.59 Å². The molecule has 0 saturated carbocycles. The summed E-state index contributed by atoms with van der Waals surface area (Å²) >= 11 is 0. The summed E-state index contributed by atoms with van der Waals surface area (Å²) in [7, 11) is -3.71. The molecule has 216 valence electrons. The number of aryl methyl sites for hydroxylation is 4. The lowest BCUT2D eigenvalue weighted by atomic mass is 10.1. The highest BCUT2D eigenvalue weighted by molar-refractivity contribution is 7.89. The molecule has 0 bridgehead atoms. The van der Waals surface area contributed by atoms with Crippen molar-refractivity contribution in [3.63, 3.8) is 0 Å². The molecule has 11 heteroatoms. The second-order valence-electron chi connectivity index (χ2n) is 10.6. The molecular weight excluding hydrogens is 540 g/mol. The number of carbonyl (C=O) groups is 2. The van der Waals surface area contributed by atoms with Gasteiger partial charge in [-0.15, -0.1) is 0 Å². The van der Waals surface area contributed by atoms with Crippen molar-refractivity contribution in [2.75, 3.05) is 11.9 Å². The smallest absolute Gasteiger partial charge is 0.251 e. The second-order valence-corrected chi connectivity index (χ2v) is 12.2. The van der Waals surface area contributed by atoms with Crippen LogP contribution in [0.1, 0.15) is 46.5 Å². The number of nitrogens with zero attached hydrogens (tertiary/aromatic N) is 2. The number of nitrogens with one attached hydrogen (secondary N) is 3. The van der Waals surface area contributed by atoms with Gasteiger partial charge in [0.15, 0.2) is 0 Å². The van der Waals surface area contributed by atoms with Crippen LogP contribution in [-0.4, -0.2) is 48.6 Å². The van der Waals surface area contributed by atoms with E-state index in [0.29, 0.717) is 33.8 Å². The van der Waals surface area contributed by atoms with Gasteiger partial charge in [-0.1, -0.05) is 23.8 Å². The zero-order valence-electron chi connectivity index (χ0n) is 24.1. The van der Waals surface area contributed by atoms with Gasteiger partial charge in [-0.25, -0.2) is 17.8 Å². The molecule has 0 aliphatic rings. The topological polar surface area (TPSA) is 148 Å². The Hall–Kier alpha value is -4.22. The first-order chi connectivity index (χ1) is 19.3. The maximum absolute atomic E-state index is 13.2. The minimum absolute atomic E-state index is 0.314. The summed E-state index contributed by atoms with van der Waals surface area (Å²) < 4.78 is 30.9. The van der Waals surface area contributed by atoms with Crippen molar-refractivity contribution >= 4 is 38.4 Å². The van der Waals surface area contributed by atoms with Crippen molar-refractivity contribution in [1.82, 2.24) is 19.8 Å². The number of fused-ring (bicyclic) bond motifs is 1. The molecule has 5 N–H and O–H groups in total. The van der Waals surface area contributed by atoms with E-state index in [1.807, 2.05) is 65.0 Å². The van der Waals surface area contributed by atoms with Crippen LogP contribution in [0.25, 0.3) is 16.6 Å². The molecule has 2 atom stereocenters. The van der Waals surface area contributed by atoms with Crippen molar-refractivity contribution < 1.29 is 18.0 Å². The molecule has 0 radical (unpaired) electrons. The van der Waals surface area contributed by atoms with Crippen LogP contribution >= 0.6 is 0 Å². The fourth-order valence-corrected chi connectivity index (χ4v) is 6.66. The number of aromatic nitrogens is 2. The summed E-state index contributed by atoms with van der Waals surface area (Å²) in [4.78, 5) is 24.3. The first-order valence-corrected chi connectivity index (χ1v) is 14.8. The van der Waals surface area contributed by atoms with Gasteiger partial charge < -0.3 is 16.4 Å². The highest BCUT2D eigenvalue weighted by atomic mass is 32.2. The van der Waals surface area contributed by atoms with Crippen LogP contribution in [0.4, 0.5) is 5.69 Å². The molecule has 0 unspecified atom stereocenters. The zero-order chi connectivity index (χ0) is 30.1. The second kappa shape index (κ2) is 11.7. The lowest BCUT2D eigenvalue weighted by Gasteiger charge is -2.19. The lowest BCUT2D eigenvalue weighted by molar-refractivity contribution is -0.119. The van der Waals surface area contributed by atoms with Gasteiger partial charge in [0.1, 0.15) is 6.04 Å². The van der Waals surface area contributed by atoms with E-state index in [0.717, 1.165) is 27.7 Å². The third-order valence-electron chi connectivity index (χ3n) is 6.79. The van der Waals surface area contributed by atoms with Crippen molar-refractivity contribution in [3.8, 4) is 5.69 Å². The van der Waals surface area contributed by atoms with Gasteiger partial charge in [0.2, 0.25) is 15.9 Å². The van der Waals surface area contributed by atoms with Crippen molar-refractivity contribution in [2.24, 2.45) is 5.73 Å². The number of hydrogen-bond acceptors (Lipinski definition) is 6. The summed E-state index contributed by atoms with van der Waals surface area (Å²) in [6, 6.07) is 13.4. The fourth-order valence-electron chi connectivity index (χ4n) is 4.97. The standard InChI is InChI=1S/C30H36N6O4S/c1-17-10-19(3)28(20(4)11-17)41(39,40)35-21(5)15-32-26-12-18(2)13-27-25(26)16-33-36(27)24-9-7-8-23(14-24)30(38)34-22(6)29(31)37/h7-14,16,21-22,32,35H,15H2,1-6H3,(H2,31,37)(H,34,38)/t21-,22+/m0/s1. The van der Waals surface area contributed by atoms with Gasteiger partial charge in [-0.05, 0) is 88.6 Å². The molecule has 41 heavy (non-hydrogen) atoms. The van der Waals surface area contributed by atoms with E-state index in [9.17, 15) is 18.0 Å². The fraction of sp³-hybridized carbons (Fsp3) is 0.300. The van der Waals surface area contributed by atoms with Crippen LogP contribution in [-0.2, 0) is 14.8 Å². The third-order valence-corrected chi connectivity index (χ3v) is 8.68. The van der Waals surface area contributed by atoms with Crippen molar-refractivity contribution in [3.05, 3.63) is 82.5 Å². The van der Waals surface area contributed by atoms with Crippen LogP contribution in [0, 0.1) is 27.7 Å². The number of hydrogen-bond donors (Lipinski definition) is 4. The van der Waals surface area contributed by atoms with E-state index < -0.39 is 33.9 Å². The number of amides is 2. The average molecular weight is 577 g/mol. The Morgan fingerprint density at radius 2 is 1.63 bits per heavy atom. The Kier molecular flexibility index (Phi) is 8.50. The molecule has 1 heterocycles. The molecule has 0 spiro atoms. The minimum Gasteiger partial charge on any atom is -0.383 e. The number of primary amides is 1. The zero-order valence-corrected chi connectivity index (χ0v) is 24.9. The molecular formula is C30H36N6O4S. The van der Waals surface area contributed by atoms with Crippen LogP contribution in [0.5, 0.6) is 0 Å². The summed E-state index contributed by atoms with van der Waals surface area (Å²) in [5, 5.41) is 11.4. The monoisotopic (exact) mass is 576 g/mol. The first-order valence-electron chi connectivity index (χ1n) is 13.3. The molecule has 2 amide bonds. The minimum atomic E-state index is -3.71. The Bertz CT molecular complexity index is 1720. The highest BCUT2D eigenvalue weighted by Gasteiger charge is 2.22. The van der Waals surface area contributed by atoms with E-state index in [-0.39, 0.29) is 0 Å². The maximum Gasteiger partial charge on any atom is 0.251 e. The van der Waals surface area contributed by atoms with Crippen LogP contribution in [0.2, 0.25) is 0 Å². The van der Waals surface area contributed by atoms with E-state index >= 15 is 0 Å². The summed E-state index contributed by atoms with van der Waals surface area (Å²) in [5.41, 5.74) is 11.4. The van der Waals surface area contributed by atoms with E-state index in [4.69, 9.17) is 5.73 Å². The molecule has 4 rings (SSSR count). The van der Waals surface area contributed by atoms with E-state index in [1.165, 1.54) is 6.92 Å². The number of rotatable bonds is 10. The number of carbonyl (C=O) groups excluding carboxylic acids is 2. The predicted molar refractivity (Wildman–Crippen MR) is 161 cm³/mol. The van der Waals surface area contributed by atoms with Gasteiger partial charge in [-0.2, -0.15) is 5.10 Å². The van der Waals surface area contributed by atoms with Crippen LogP contribution in [0.15, 0.2) is 59.6 Å². The Labute approximate surface area is 240 Å². The molecule has 1 aromatic heterocycles. The van der Waals surface area contributed by atoms with Crippen LogP contribution in [0.3, 0.4) is 0 Å². The van der Waals surface area contributed by atoms with Gasteiger partial charge in [0.25, 0.3) is 5.91 Å². The summed E-state index contributed by atoms with van der Waals surface area (Å²) in [5.74, 6) is -1.04. The summed E-state index contributed by atoms with van der Waals surface area (Å²) in [6.45, 7) is 11.2. The van der Waals surface area contributed by atoms with Crippen molar-refractivity contribution in [2.45, 2.75) is 58.5 Å². The molecule has 0 saturated heterocycles. The van der Waals surface area contributed by atoms with Crippen LogP contribution < -0.4 is 21.1 Å². The molecule has 4 aromatic rings. The molecule has 0 aliphatic carbocycles. The molecule has 0 fully saturated rings. The number of anilines is 1. The normalized spacial score (nSPS) is 13.1. The average Bonchev–Trinajstić information content (AvgIpc) is 3.30.